The number of aromatic nitrogens is 3. The van der Waals surface area contributed by atoms with Gasteiger partial charge < -0.3 is 16.8 Å². The van der Waals surface area contributed by atoms with Gasteiger partial charge in [0.25, 0.3) is 0 Å². The van der Waals surface area contributed by atoms with Crippen LogP contribution >= 0.6 is 11.8 Å². The molecule has 0 aliphatic heterocycles. The van der Waals surface area contributed by atoms with Gasteiger partial charge in [0.2, 0.25) is 17.8 Å². The third kappa shape index (κ3) is 5.73. The Morgan fingerprint density at radius 1 is 1.26 bits per heavy atom. The van der Waals surface area contributed by atoms with E-state index in [0.29, 0.717) is 17.3 Å². The van der Waals surface area contributed by atoms with Gasteiger partial charge in [0.15, 0.2) is 0 Å². The van der Waals surface area contributed by atoms with E-state index in [-0.39, 0.29) is 23.3 Å². The molecule has 0 bridgehead atoms. The second kappa shape index (κ2) is 6.55. The van der Waals surface area contributed by atoms with Crippen molar-refractivity contribution in [2.75, 3.05) is 17.2 Å². The highest BCUT2D eigenvalue weighted by atomic mass is 32.2. The van der Waals surface area contributed by atoms with Crippen molar-refractivity contribution in [2.45, 2.75) is 38.5 Å². The summed E-state index contributed by atoms with van der Waals surface area (Å²) in [5, 5.41) is 2.95. The van der Waals surface area contributed by atoms with Gasteiger partial charge in [0.05, 0.1) is 11.5 Å². The quantitative estimate of drug-likeness (QED) is 0.698. The Morgan fingerprint density at radius 2 is 1.84 bits per heavy atom. The Kier molecular flexibility index (Phi) is 5.34. The number of thioether (sulfide) groups is 1. The first-order valence-electron chi connectivity index (χ1n) is 5.97. The van der Waals surface area contributed by atoms with Crippen LogP contribution in [0.3, 0.4) is 0 Å². The summed E-state index contributed by atoms with van der Waals surface area (Å²) in [5.41, 5.74) is 10.7. The summed E-state index contributed by atoms with van der Waals surface area (Å²) >= 11 is 1.41. The molecule has 5 N–H and O–H groups in total. The van der Waals surface area contributed by atoms with Crippen LogP contribution in [0, 0.1) is 0 Å². The summed E-state index contributed by atoms with van der Waals surface area (Å²) in [6, 6.07) is 0. The van der Waals surface area contributed by atoms with Crippen LogP contribution in [-0.4, -0.2) is 32.2 Å². The Hall–Kier alpha value is -1.57. The molecule has 0 saturated heterocycles. The maximum absolute atomic E-state index is 11.7. The molecule has 0 spiro atoms. The van der Waals surface area contributed by atoms with E-state index in [1.807, 2.05) is 20.8 Å². The first-order valence-corrected chi connectivity index (χ1v) is 7.12. The topological polar surface area (TPSA) is 120 Å². The predicted molar refractivity (Wildman–Crippen MR) is 77.3 cm³/mol. The molecule has 0 aliphatic carbocycles. The van der Waals surface area contributed by atoms with Crippen molar-refractivity contribution in [3.05, 3.63) is 5.82 Å². The molecule has 1 heterocycles. The van der Waals surface area contributed by atoms with E-state index in [4.69, 9.17) is 11.5 Å². The fourth-order valence-electron chi connectivity index (χ4n) is 1.26. The number of nitrogens with two attached hydrogens (primary N) is 2. The molecule has 1 rings (SSSR count). The van der Waals surface area contributed by atoms with E-state index in [1.54, 1.807) is 0 Å². The second-order valence-electron chi connectivity index (χ2n) is 4.75. The summed E-state index contributed by atoms with van der Waals surface area (Å²) < 4.78 is 0. The van der Waals surface area contributed by atoms with Crippen molar-refractivity contribution in [1.29, 1.82) is 0 Å². The standard InChI is InChI=1S/C11H20N6OS/c1-4-11(2,3)17-8(18)6-19-5-7-14-9(12)16-10(13)15-7/h4-6H2,1-3H3,(H,17,18)(H4,12,13,14,15,16). The minimum absolute atomic E-state index is 0.00755. The van der Waals surface area contributed by atoms with E-state index in [9.17, 15) is 4.79 Å². The second-order valence-corrected chi connectivity index (χ2v) is 5.73. The van der Waals surface area contributed by atoms with Crippen LogP contribution in [0.4, 0.5) is 11.9 Å². The number of amides is 1. The highest BCUT2D eigenvalue weighted by molar-refractivity contribution is 7.99. The number of nitrogen functional groups attached to an aromatic ring is 2. The lowest BCUT2D eigenvalue weighted by Gasteiger charge is -2.24. The third-order valence-corrected chi connectivity index (χ3v) is 3.47. The zero-order valence-electron chi connectivity index (χ0n) is 11.4. The molecule has 19 heavy (non-hydrogen) atoms. The summed E-state index contributed by atoms with van der Waals surface area (Å²) in [5.74, 6) is 1.48. The number of carbonyl (C=O) groups is 1. The molecule has 7 nitrogen and oxygen atoms in total. The van der Waals surface area contributed by atoms with Gasteiger partial charge in [-0.15, -0.1) is 11.8 Å². The van der Waals surface area contributed by atoms with Gasteiger partial charge >= 0.3 is 0 Å². The predicted octanol–water partition coefficient (Wildman–Crippen LogP) is 0.574. The van der Waals surface area contributed by atoms with Crippen molar-refractivity contribution in [1.82, 2.24) is 20.3 Å². The molecule has 0 aliphatic rings. The average Bonchev–Trinajstić information content (AvgIpc) is 2.27. The molecule has 0 radical (unpaired) electrons. The van der Waals surface area contributed by atoms with Gasteiger partial charge in [-0.05, 0) is 20.3 Å². The van der Waals surface area contributed by atoms with Crippen molar-refractivity contribution >= 4 is 29.6 Å². The minimum Gasteiger partial charge on any atom is -0.368 e. The van der Waals surface area contributed by atoms with Crippen LogP contribution in [0.25, 0.3) is 0 Å². The number of anilines is 2. The highest BCUT2D eigenvalue weighted by Crippen LogP contribution is 2.11. The third-order valence-electron chi connectivity index (χ3n) is 2.54. The van der Waals surface area contributed by atoms with Gasteiger partial charge in [-0.25, -0.2) is 0 Å². The maximum Gasteiger partial charge on any atom is 0.230 e. The van der Waals surface area contributed by atoms with Crippen LogP contribution < -0.4 is 16.8 Å². The molecule has 1 aromatic heterocycles. The van der Waals surface area contributed by atoms with Crippen molar-refractivity contribution in [3.8, 4) is 0 Å². The first kappa shape index (κ1) is 15.5. The lowest BCUT2D eigenvalue weighted by atomic mass is 10.0. The van der Waals surface area contributed by atoms with Gasteiger partial charge in [0.1, 0.15) is 5.82 Å². The van der Waals surface area contributed by atoms with E-state index in [1.165, 1.54) is 11.8 Å². The van der Waals surface area contributed by atoms with Crippen molar-refractivity contribution in [2.24, 2.45) is 0 Å². The molecular formula is C11H20N6OS. The minimum atomic E-state index is -0.181. The molecule has 0 unspecified atom stereocenters. The fraction of sp³-hybridized carbons (Fsp3) is 0.636. The number of rotatable bonds is 6. The number of nitrogens with one attached hydrogen (secondary N) is 1. The van der Waals surface area contributed by atoms with Crippen LogP contribution in [-0.2, 0) is 10.5 Å². The van der Waals surface area contributed by atoms with Crippen LogP contribution in [0.5, 0.6) is 0 Å². The lowest BCUT2D eigenvalue weighted by molar-refractivity contribution is -0.120. The molecule has 8 heteroatoms. The smallest absolute Gasteiger partial charge is 0.230 e. The zero-order valence-corrected chi connectivity index (χ0v) is 12.3. The largest absolute Gasteiger partial charge is 0.368 e. The summed E-state index contributed by atoms with van der Waals surface area (Å²) in [6.07, 6.45) is 0.879. The lowest BCUT2D eigenvalue weighted by Crippen LogP contribution is -2.43. The Morgan fingerprint density at radius 3 is 2.37 bits per heavy atom. The van der Waals surface area contributed by atoms with Crippen LogP contribution in [0.2, 0.25) is 0 Å². The summed E-state index contributed by atoms with van der Waals surface area (Å²) in [4.78, 5) is 23.3. The number of nitrogens with zero attached hydrogens (tertiary/aromatic N) is 3. The normalized spacial score (nSPS) is 11.3. The van der Waals surface area contributed by atoms with Gasteiger partial charge in [-0.3, -0.25) is 4.79 Å². The SMILES string of the molecule is CCC(C)(C)NC(=O)CSCc1nc(N)nc(N)n1. The average molecular weight is 284 g/mol. The molecule has 106 valence electrons. The van der Waals surface area contributed by atoms with Gasteiger partial charge in [-0.2, -0.15) is 15.0 Å². The fourth-order valence-corrected chi connectivity index (χ4v) is 1.93. The molecule has 0 saturated carbocycles. The first-order chi connectivity index (χ1) is 8.82. The molecule has 0 aromatic carbocycles. The molecule has 1 aromatic rings. The van der Waals surface area contributed by atoms with Gasteiger partial charge in [-0.1, -0.05) is 6.92 Å². The highest BCUT2D eigenvalue weighted by Gasteiger charge is 2.17. The summed E-state index contributed by atoms with van der Waals surface area (Å²) in [6.45, 7) is 6.01. The summed E-state index contributed by atoms with van der Waals surface area (Å²) in [7, 11) is 0. The van der Waals surface area contributed by atoms with Crippen LogP contribution in [0.1, 0.15) is 33.0 Å². The zero-order chi connectivity index (χ0) is 14.5. The monoisotopic (exact) mass is 284 g/mol. The molecule has 1 amide bonds. The van der Waals surface area contributed by atoms with E-state index in [2.05, 4.69) is 20.3 Å². The maximum atomic E-state index is 11.7. The Bertz CT molecular complexity index is 431. The molecule has 0 fully saturated rings. The van der Waals surface area contributed by atoms with Crippen molar-refractivity contribution < 1.29 is 4.79 Å². The van der Waals surface area contributed by atoms with Gasteiger partial charge in [0, 0.05) is 5.54 Å². The van der Waals surface area contributed by atoms with E-state index >= 15 is 0 Å². The Labute approximate surface area is 117 Å². The number of hydrogen-bond donors (Lipinski definition) is 3. The van der Waals surface area contributed by atoms with E-state index in [0.717, 1.165) is 6.42 Å². The number of hydrogen-bond acceptors (Lipinski definition) is 7. The Balaban J connectivity index is 2.40. The van der Waals surface area contributed by atoms with Crippen molar-refractivity contribution in [3.63, 3.8) is 0 Å². The molecule has 0 atom stereocenters. The molecular weight excluding hydrogens is 264 g/mol. The van der Waals surface area contributed by atoms with Crippen LogP contribution in [0.15, 0.2) is 0 Å². The van der Waals surface area contributed by atoms with E-state index < -0.39 is 0 Å². The number of carbonyl (C=O) groups excluding carboxylic acids is 1.